The normalized spacial score (nSPS) is 10.6. The fourth-order valence-corrected chi connectivity index (χ4v) is 2.74. The molecule has 1 aromatic carbocycles. The third-order valence-corrected chi connectivity index (χ3v) is 4.03. The highest BCUT2D eigenvalue weighted by molar-refractivity contribution is 9.08. The van der Waals surface area contributed by atoms with Crippen molar-refractivity contribution in [1.82, 2.24) is 0 Å². The van der Waals surface area contributed by atoms with Crippen LogP contribution in [0.15, 0.2) is 12.1 Å². The molecule has 0 aromatic heterocycles. The molecule has 1 aromatic rings. The van der Waals surface area contributed by atoms with Gasteiger partial charge in [-0.3, -0.25) is 0 Å². The Kier molecular flexibility index (Phi) is 9.12. The van der Waals surface area contributed by atoms with E-state index < -0.39 is 0 Å². The lowest BCUT2D eigenvalue weighted by atomic mass is 10.1. The quantitative estimate of drug-likeness (QED) is 0.376. The van der Waals surface area contributed by atoms with E-state index in [9.17, 15) is 0 Å². The van der Waals surface area contributed by atoms with E-state index in [-0.39, 0.29) is 0 Å². The average Bonchev–Trinajstić information content (AvgIpc) is 2.46. The molecule has 0 aliphatic carbocycles. The Balaban J connectivity index is 2.46. The molecule has 114 valence electrons. The highest BCUT2D eigenvalue weighted by Gasteiger charge is 2.11. The summed E-state index contributed by atoms with van der Waals surface area (Å²) in [5, 5.41) is 1.37. The second-order valence-electron chi connectivity index (χ2n) is 4.85. The van der Waals surface area contributed by atoms with Crippen molar-refractivity contribution in [3.63, 3.8) is 0 Å². The van der Waals surface area contributed by atoms with E-state index in [1.165, 1.54) is 32.1 Å². The van der Waals surface area contributed by atoms with E-state index in [2.05, 4.69) is 22.9 Å². The molecule has 0 aliphatic heterocycles. The van der Waals surface area contributed by atoms with Crippen LogP contribution >= 0.6 is 27.5 Å². The van der Waals surface area contributed by atoms with Crippen molar-refractivity contribution < 1.29 is 9.47 Å². The SMILES string of the molecule is CCCCCCCCOc1c(CBr)cc(Cl)cc1OC. The van der Waals surface area contributed by atoms with Crippen LogP contribution in [0.4, 0.5) is 0 Å². The zero-order chi connectivity index (χ0) is 14.8. The number of methoxy groups -OCH3 is 1. The van der Waals surface area contributed by atoms with Gasteiger partial charge in [0.2, 0.25) is 0 Å². The minimum absolute atomic E-state index is 0.670. The van der Waals surface area contributed by atoms with Crippen molar-refractivity contribution in [3.8, 4) is 11.5 Å². The standard InChI is InChI=1S/C16H24BrClO2/c1-3-4-5-6-7-8-9-20-16-13(12-17)10-14(18)11-15(16)19-2/h10-11H,3-9,12H2,1-2H3. The Labute approximate surface area is 135 Å². The molecule has 0 N–H and O–H groups in total. The van der Waals surface area contributed by atoms with Gasteiger partial charge in [0, 0.05) is 22.0 Å². The largest absolute Gasteiger partial charge is 0.493 e. The van der Waals surface area contributed by atoms with Crippen molar-refractivity contribution in [2.24, 2.45) is 0 Å². The second kappa shape index (κ2) is 10.3. The molecule has 0 radical (unpaired) electrons. The fourth-order valence-electron chi connectivity index (χ4n) is 2.09. The van der Waals surface area contributed by atoms with Crippen LogP contribution in [-0.2, 0) is 5.33 Å². The molecule has 0 amide bonds. The van der Waals surface area contributed by atoms with Gasteiger partial charge in [-0.25, -0.2) is 0 Å². The van der Waals surface area contributed by atoms with Crippen LogP contribution in [0, 0.1) is 0 Å². The van der Waals surface area contributed by atoms with Gasteiger partial charge >= 0.3 is 0 Å². The van der Waals surface area contributed by atoms with E-state index >= 15 is 0 Å². The van der Waals surface area contributed by atoms with Gasteiger partial charge in [-0.15, -0.1) is 0 Å². The first-order valence-electron chi connectivity index (χ1n) is 7.28. The molecule has 0 unspecified atom stereocenters. The van der Waals surface area contributed by atoms with Crippen LogP contribution in [0.25, 0.3) is 0 Å². The topological polar surface area (TPSA) is 18.5 Å². The van der Waals surface area contributed by atoms with Crippen molar-refractivity contribution in [1.29, 1.82) is 0 Å². The number of unbranched alkanes of at least 4 members (excludes halogenated alkanes) is 5. The maximum atomic E-state index is 6.06. The molecule has 0 atom stereocenters. The smallest absolute Gasteiger partial charge is 0.165 e. The zero-order valence-electron chi connectivity index (χ0n) is 12.4. The maximum Gasteiger partial charge on any atom is 0.165 e. The molecule has 20 heavy (non-hydrogen) atoms. The van der Waals surface area contributed by atoms with E-state index in [0.29, 0.717) is 16.1 Å². The van der Waals surface area contributed by atoms with Gasteiger partial charge < -0.3 is 9.47 Å². The first-order chi connectivity index (χ1) is 9.72. The maximum absolute atomic E-state index is 6.06. The summed E-state index contributed by atoms with van der Waals surface area (Å²) >= 11 is 9.52. The van der Waals surface area contributed by atoms with Gasteiger partial charge in [0.05, 0.1) is 13.7 Å². The van der Waals surface area contributed by atoms with Gasteiger partial charge in [0.15, 0.2) is 11.5 Å². The second-order valence-corrected chi connectivity index (χ2v) is 5.84. The molecule has 4 heteroatoms. The number of hydrogen-bond donors (Lipinski definition) is 0. The van der Waals surface area contributed by atoms with E-state index in [1.54, 1.807) is 13.2 Å². The van der Waals surface area contributed by atoms with Crippen LogP contribution in [0.1, 0.15) is 51.0 Å². The summed E-state index contributed by atoms with van der Waals surface area (Å²) in [6.45, 7) is 2.96. The molecule has 0 aliphatic rings. The first kappa shape index (κ1) is 17.6. The first-order valence-corrected chi connectivity index (χ1v) is 8.78. The van der Waals surface area contributed by atoms with Crippen LogP contribution in [0.3, 0.4) is 0 Å². The van der Waals surface area contributed by atoms with Crippen molar-refractivity contribution in [3.05, 3.63) is 22.7 Å². The zero-order valence-corrected chi connectivity index (χ0v) is 14.7. The van der Waals surface area contributed by atoms with Crippen LogP contribution in [0.2, 0.25) is 5.02 Å². The predicted octanol–water partition coefficient (Wildman–Crippen LogP) is 5.98. The number of alkyl halides is 1. The minimum Gasteiger partial charge on any atom is -0.493 e. The number of rotatable bonds is 10. The highest BCUT2D eigenvalue weighted by atomic mass is 79.9. The predicted molar refractivity (Wildman–Crippen MR) is 89.5 cm³/mol. The third kappa shape index (κ3) is 5.92. The molecular formula is C16H24BrClO2. The summed E-state index contributed by atoms with van der Waals surface area (Å²) < 4.78 is 11.2. The summed E-state index contributed by atoms with van der Waals surface area (Å²) in [5.41, 5.74) is 1.03. The summed E-state index contributed by atoms with van der Waals surface area (Å²) in [6.07, 6.45) is 7.54. The number of benzene rings is 1. The summed E-state index contributed by atoms with van der Waals surface area (Å²) in [6, 6.07) is 3.71. The van der Waals surface area contributed by atoms with Crippen LogP contribution in [-0.4, -0.2) is 13.7 Å². The molecule has 2 nitrogen and oxygen atoms in total. The lowest BCUT2D eigenvalue weighted by Crippen LogP contribution is -2.02. The number of ether oxygens (including phenoxy) is 2. The van der Waals surface area contributed by atoms with Gasteiger partial charge in [0.1, 0.15) is 0 Å². The van der Waals surface area contributed by atoms with E-state index in [4.69, 9.17) is 21.1 Å². The molecule has 0 heterocycles. The molecular weight excluding hydrogens is 340 g/mol. The molecule has 1 rings (SSSR count). The molecule has 0 saturated heterocycles. The van der Waals surface area contributed by atoms with Crippen molar-refractivity contribution in [2.75, 3.05) is 13.7 Å². The Bertz CT molecular complexity index is 371. The molecule has 0 saturated carbocycles. The Hall–Kier alpha value is -0.410. The van der Waals surface area contributed by atoms with Crippen LogP contribution in [0.5, 0.6) is 11.5 Å². The van der Waals surface area contributed by atoms with E-state index in [1.807, 2.05) is 6.07 Å². The summed E-state index contributed by atoms with van der Waals surface area (Å²) in [5.74, 6) is 1.51. The Morgan fingerprint density at radius 3 is 2.45 bits per heavy atom. The summed E-state index contributed by atoms with van der Waals surface area (Å²) in [4.78, 5) is 0. The van der Waals surface area contributed by atoms with Crippen LogP contribution < -0.4 is 9.47 Å². The number of hydrogen-bond acceptors (Lipinski definition) is 2. The molecule has 0 bridgehead atoms. The number of halogens is 2. The van der Waals surface area contributed by atoms with Crippen molar-refractivity contribution in [2.45, 2.75) is 50.8 Å². The Morgan fingerprint density at radius 2 is 1.80 bits per heavy atom. The average molecular weight is 364 g/mol. The minimum atomic E-state index is 0.670. The fraction of sp³-hybridized carbons (Fsp3) is 0.625. The van der Waals surface area contributed by atoms with Gasteiger partial charge in [-0.05, 0) is 12.5 Å². The third-order valence-electron chi connectivity index (χ3n) is 3.20. The van der Waals surface area contributed by atoms with Gasteiger partial charge in [-0.1, -0.05) is 66.6 Å². The van der Waals surface area contributed by atoms with Crippen molar-refractivity contribution >= 4 is 27.5 Å². The lowest BCUT2D eigenvalue weighted by molar-refractivity contribution is 0.282. The van der Waals surface area contributed by atoms with Gasteiger partial charge in [0.25, 0.3) is 0 Å². The molecule has 0 fully saturated rings. The Morgan fingerprint density at radius 1 is 1.10 bits per heavy atom. The lowest BCUT2D eigenvalue weighted by Gasteiger charge is -2.14. The van der Waals surface area contributed by atoms with E-state index in [0.717, 1.165) is 24.3 Å². The molecule has 0 spiro atoms. The summed E-state index contributed by atoms with van der Waals surface area (Å²) in [7, 11) is 1.64. The van der Waals surface area contributed by atoms with Gasteiger partial charge in [-0.2, -0.15) is 0 Å². The highest BCUT2D eigenvalue weighted by Crippen LogP contribution is 2.36. The monoisotopic (exact) mass is 362 g/mol.